The van der Waals surface area contributed by atoms with Crippen molar-refractivity contribution in [1.29, 1.82) is 0 Å². The van der Waals surface area contributed by atoms with Crippen LogP contribution in [0.2, 0.25) is 0 Å². The molecule has 2 rings (SSSR count). The van der Waals surface area contributed by atoms with E-state index in [1.54, 1.807) is 0 Å². The van der Waals surface area contributed by atoms with Crippen LogP contribution in [0.1, 0.15) is 75.1 Å². The number of fused-ring (bicyclic) bond motifs is 1. The molecule has 1 aromatic rings. The molecule has 0 bridgehead atoms. The summed E-state index contributed by atoms with van der Waals surface area (Å²) in [6.45, 7) is 10.8. The van der Waals surface area contributed by atoms with Gasteiger partial charge in [0.15, 0.2) is 0 Å². The van der Waals surface area contributed by atoms with Crippen molar-refractivity contribution in [3.8, 4) is 0 Å². The fraction of sp³-hybridized carbons (Fsp3) is 0.632. The summed E-state index contributed by atoms with van der Waals surface area (Å²) >= 11 is 0. The molecule has 2 heteroatoms. The number of carbonyl (C=O) groups excluding carboxylic acids is 1. The molecule has 0 aliphatic heterocycles. The lowest BCUT2D eigenvalue weighted by atomic mass is 9.79. The summed E-state index contributed by atoms with van der Waals surface area (Å²) in [4.78, 5) is 12.2. The first-order chi connectivity index (χ1) is 9.86. The predicted octanol–water partition coefficient (Wildman–Crippen LogP) is 4.91. The molecule has 0 amide bonds. The van der Waals surface area contributed by atoms with E-state index in [4.69, 9.17) is 4.74 Å². The Bertz CT molecular complexity index is 529. The van der Waals surface area contributed by atoms with Crippen molar-refractivity contribution in [2.75, 3.05) is 0 Å². The molecule has 0 saturated heterocycles. The summed E-state index contributed by atoms with van der Waals surface area (Å²) in [5.74, 6) is 0.476. The van der Waals surface area contributed by atoms with Crippen LogP contribution in [0.15, 0.2) is 12.1 Å². The van der Waals surface area contributed by atoms with E-state index in [1.165, 1.54) is 35.1 Å². The zero-order valence-corrected chi connectivity index (χ0v) is 14.1. The Hall–Kier alpha value is -1.31. The molecule has 21 heavy (non-hydrogen) atoms. The molecule has 1 unspecified atom stereocenters. The Balaban J connectivity index is 2.20. The lowest BCUT2D eigenvalue weighted by molar-refractivity contribution is -0.155. The molecule has 116 valence electrons. The normalized spacial score (nSPS) is 18.2. The van der Waals surface area contributed by atoms with Crippen LogP contribution in [0, 0.1) is 12.3 Å². The van der Waals surface area contributed by atoms with E-state index < -0.39 is 5.41 Å². The molecular formula is C19H28O2. The van der Waals surface area contributed by atoms with Gasteiger partial charge in [-0.25, -0.2) is 0 Å². The summed E-state index contributed by atoms with van der Waals surface area (Å²) in [5.41, 5.74) is 5.10. The van der Waals surface area contributed by atoms with Gasteiger partial charge in [-0.05, 0) is 74.6 Å². The monoisotopic (exact) mass is 288 g/mol. The second kappa shape index (κ2) is 6.21. The molecule has 0 aromatic heterocycles. The summed E-state index contributed by atoms with van der Waals surface area (Å²) in [7, 11) is 0. The van der Waals surface area contributed by atoms with Crippen LogP contribution in [0.5, 0.6) is 0 Å². The van der Waals surface area contributed by atoms with E-state index in [9.17, 15) is 4.79 Å². The van der Waals surface area contributed by atoms with Gasteiger partial charge < -0.3 is 4.74 Å². The van der Waals surface area contributed by atoms with Gasteiger partial charge in [-0.3, -0.25) is 4.79 Å². The average molecular weight is 288 g/mol. The van der Waals surface area contributed by atoms with Crippen LogP contribution in [-0.2, 0) is 22.6 Å². The van der Waals surface area contributed by atoms with Crippen molar-refractivity contribution in [2.45, 2.75) is 72.8 Å². The number of hydrogen-bond donors (Lipinski definition) is 0. The molecule has 1 aliphatic rings. The minimum atomic E-state index is -0.392. The number of benzene rings is 1. The third-order valence-electron chi connectivity index (χ3n) is 5.03. The maximum atomic E-state index is 12.2. The van der Waals surface area contributed by atoms with E-state index in [1.807, 2.05) is 20.8 Å². The average Bonchev–Trinajstić information content (AvgIpc) is 2.47. The molecule has 2 nitrogen and oxygen atoms in total. The first-order valence-electron chi connectivity index (χ1n) is 8.15. The van der Waals surface area contributed by atoms with Gasteiger partial charge in [-0.1, -0.05) is 26.0 Å². The molecule has 1 aromatic carbocycles. The summed E-state index contributed by atoms with van der Waals surface area (Å²) in [6, 6.07) is 4.31. The Kier molecular flexibility index (Phi) is 4.75. The van der Waals surface area contributed by atoms with Crippen LogP contribution in [0.25, 0.3) is 0 Å². The lowest BCUT2D eigenvalue weighted by Crippen LogP contribution is -2.26. The van der Waals surface area contributed by atoms with Gasteiger partial charge in [0, 0.05) is 0 Å². The van der Waals surface area contributed by atoms with E-state index in [0.29, 0.717) is 12.5 Å². The van der Waals surface area contributed by atoms with E-state index in [2.05, 4.69) is 26.0 Å². The van der Waals surface area contributed by atoms with Gasteiger partial charge in [-0.15, -0.1) is 0 Å². The van der Waals surface area contributed by atoms with Crippen LogP contribution < -0.4 is 0 Å². The second-order valence-corrected chi connectivity index (χ2v) is 7.04. The van der Waals surface area contributed by atoms with Gasteiger partial charge >= 0.3 is 5.97 Å². The number of hydrogen-bond acceptors (Lipinski definition) is 2. The quantitative estimate of drug-likeness (QED) is 0.735. The highest BCUT2D eigenvalue weighted by Crippen LogP contribution is 2.36. The van der Waals surface area contributed by atoms with Crippen molar-refractivity contribution in [3.63, 3.8) is 0 Å². The minimum absolute atomic E-state index is 0.0946. The van der Waals surface area contributed by atoms with Crippen LogP contribution in [0.4, 0.5) is 0 Å². The molecule has 0 spiro atoms. The minimum Gasteiger partial charge on any atom is -0.460 e. The number of ether oxygens (including phenoxy) is 1. The topological polar surface area (TPSA) is 26.3 Å². The van der Waals surface area contributed by atoms with Gasteiger partial charge in [0.2, 0.25) is 0 Å². The zero-order valence-electron chi connectivity index (χ0n) is 14.1. The number of rotatable bonds is 4. The summed E-state index contributed by atoms with van der Waals surface area (Å²) in [6.07, 6.45) is 4.46. The van der Waals surface area contributed by atoms with E-state index in [-0.39, 0.29) is 5.97 Å². The summed E-state index contributed by atoms with van der Waals surface area (Å²) in [5, 5.41) is 0. The lowest BCUT2D eigenvalue weighted by Gasteiger charge is -2.27. The van der Waals surface area contributed by atoms with Crippen molar-refractivity contribution < 1.29 is 9.53 Å². The molecular weight excluding hydrogens is 260 g/mol. The van der Waals surface area contributed by atoms with E-state index >= 15 is 0 Å². The molecule has 1 atom stereocenters. The highest BCUT2D eigenvalue weighted by molar-refractivity contribution is 5.75. The second-order valence-electron chi connectivity index (χ2n) is 7.04. The van der Waals surface area contributed by atoms with Crippen LogP contribution in [-0.4, -0.2) is 5.97 Å². The Morgan fingerprint density at radius 3 is 2.76 bits per heavy atom. The standard InChI is InChI=1S/C19H28O2/c1-6-19(4,5)18(20)21-12-15-11-10-13(2)16-9-7-8-14(3)17(15)16/h10-11,14H,6-9,12H2,1-5H3. The van der Waals surface area contributed by atoms with Gasteiger partial charge in [0.25, 0.3) is 0 Å². The van der Waals surface area contributed by atoms with Gasteiger partial charge in [0.05, 0.1) is 5.41 Å². The maximum absolute atomic E-state index is 12.2. The Morgan fingerprint density at radius 1 is 1.38 bits per heavy atom. The highest BCUT2D eigenvalue weighted by atomic mass is 16.5. The zero-order chi connectivity index (χ0) is 15.6. The molecule has 0 N–H and O–H groups in total. The van der Waals surface area contributed by atoms with Crippen molar-refractivity contribution in [1.82, 2.24) is 0 Å². The molecule has 1 aliphatic carbocycles. The first kappa shape index (κ1) is 16.1. The van der Waals surface area contributed by atoms with Gasteiger partial charge in [0.1, 0.15) is 6.61 Å². The maximum Gasteiger partial charge on any atom is 0.311 e. The number of esters is 1. The molecule has 0 heterocycles. The predicted molar refractivity (Wildman–Crippen MR) is 86.4 cm³/mol. The van der Waals surface area contributed by atoms with E-state index in [0.717, 1.165) is 12.8 Å². The SMILES string of the molecule is CCC(C)(C)C(=O)OCc1ccc(C)c2c1C(C)CCC2. The fourth-order valence-electron chi connectivity index (χ4n) is 3.11. The Morgan fingerprint density at radius 2 is 2.10 bits per heavy atom. The van der Waals surface area contributed by atoms with Crippen LogP contribution in [0.3, 0.4) is 0 Å². The molecule has 0 fully saturated rings. The largest absolute Gasteiger partial charge is 0.460 e. The van der Waals surface area contributed by atoms with Gasteiger partial charge in [-0.2, -0.15) is 0 Å². The first-order valence-corrected chi connectivity index (χ1v) is 8.15. The number of carbonyl (C=O) groups is 1. The van der Waals surface area contributed by atoms with Crippen molar-refractivity contribution in [3.05, 3.63) is 34.4 Å². The molecule has 0 saturated carbocycles. The number of aryl methyl sites for hydroxylation is 1. The third kappa shape index (κ3) is 3.30. The smallest absolute Gasteiger partial charge is 0.311 e. The van der Waals surface area contributed by atoms with Crippen molar-refractivity contribution >= 4 is 5.97 Å². The fourth-order valence-corrected chi connectivity index (χ4v) is 3.11. The summed E-state index contributed by atoms with van der Waals surface area (Å²) < 4.78 is 5.60. The highest BCUT2D eigenvalue weighted by Gasteiger charge is 2.28. The Labute approximate surface area is 128 Å². The molecule has 0 radical (unpaired) electrons. The van der Waals surface area contributed by atoms with Crippen LogP contribution >= 0.6 is 0 Å². The van der Waals surface area contributed by atoms with Crippen molar-refractivity contribution in [2.24, 2.45) is 5.41 Å². The third-order valence-corrected chi connectivity index (χ3v) is 5.03.